The molecule has 1 aliphatic heterocycles. The second kappa shape index (κ2) is 10.4. The highest BCUT2D eigenvalue weighted by Crippen LogP contribution is 2.56. The van der Waals surface area contributed by atoms with Crippen LogP contribution in [0.15, 0.2) is 69.8 Å². The van der Waals surface area contributed by atoms with Gasteiger partial charge in [-0.05, 0) is 70.0 Å². The zero-order valence-corrected chi connectivity index (χ0v) is 24.1. The summed E-state index contributed by atoms with van der Waals surface area (Å²) in [6, 6.07) is 9.10. The van der Waals surface area contributed by atoms with Gasteiger partial charge in [0.2, 0.25) is 17.6 Å². The molecule has 42 heavy (non-hydrogen) atoms. The number of rotatable bonds is 5. The summed E-state index contributed by atoms with van der Waals surface area (Å²) in [5.74, 6) is -4.46. The summed E-state index contributed by atoms with van der Waals surface area (Å²) in [6.07, 6.45) is 3.43. The molecule has 1 fully saturated rings. The fourth-order valence-electron chi connectivity index (χ4n) is 6.75. The summed E-state index contributed by atoms with van der Waals surface area (Å²) in [5, 5.41) is 29.8. The van der Waals surface area contributed by atoms with Crippen molar-refractivity contribution in [3.8, 4) is 17.2 Å². The Morgan fingerprint density at radius 1 is 0.976 bits per heavy atom. The molecule has 2 amide bonds. The van der Waals surface area contributed by atoms with E-state index in [-0.39, 0.29) is 68.4 Å². The molecule has 2 aromatic rings. The highest BCUT2D eigenvalue weighted by atomic mass is 79.9. The number of anilines is 1. The van der Waals surface area contributed by atoms with Crippen molar-refractivity contribution in [3.63, 3.8) is 0 Å². The molecule has 214 valence electrons. The number of amides is 2. The van der Waals surface area contributed by atoms with Crippen molar-refractivity contribution in [2.24, 2.45) is 17.8 Å². The van der Waals surface area contributed by atoms with Crippen LogP contribution < -0.4 is 19.8 Å². The maximum Gasteiger partial charge on any atom is 0.488 e. The van der Waals surface area contributed by atoms with E-state index in [9.17, 15) is 34.3 Å². The second-order valence-electron chi connectivity index (χ2n) is 10.6. The number of aromatic hydroxyl groups is 1. The largest absolute Gasteiger partial charge is 0.502 e. The maximum absolute atomic E-state index is 14.0. The topological polar surface area (TPSA) is 151 Å². The van der Waals surface area contributed by atoms with Gasteiger partial charge in [-0.15, -0.1) is 0 Å². The van der Waals surface area contributed by atoms with Gasteiger partial charge in [0.05, 0.1) is 36.2 Å². The molecule has 0 bridgehead atoms. The number of ketones is 2. The standard InChI is InChI=1S/C30H25BBrNO9/c1-41-22-8-13(9-23(42-2)28(22)36)24-16-6-7-17-25(18(16)11-19-26(24)21(34)12-20(32)27(19)35)30(38)33(29(17)37)15-5-3-4-14(10-15)31(39)40/h3-6,8-10,12,17-18,24-25,36,39-40H,7,11H2,1-2H3/t17-,18+,24-,25-/m0/s1. The number of phenolic OH excluding ortho intramolecular Hbond substituents is 1. The van der Waals surface area contributed by atoms with Crippen LogP contribution in [-0.4, -0.2) is 59.9 Å². The first-order valence-electron chi connectivity index (χ1n) is 13.2. The van der Waals surface area contributed by atoms with Crippen LogP contribution in [0.4, 0.5) is 5.69 Å². The first kappa shape index (κ1) is 28.1. The number of hydrogen-bond acceptors (Lipinski definition) is 9. The molecule has 6 rings (SSSR count). The molecule has 4 aliphatic rings. The van der Waals surface area contributed by atoms with Gasteiger partial charge < -0.3 is 24.6 Å². The fraction of sp³-hybridized carbons (Fsp3) is 0.267. The molecule has 0 saturated carbocycles. The van der Waals surface area contributed by atoms with Crippen molar-refractivity contribution in [3.05, 3.63) is 75.3 Å². The van der Waals surface area contributed by atoms with E-state index in [2.05, 4.69) is 15.9 Å². The number of carbonyl (C=O) groups is 4. The van der Waals surface area contributed by atoms with Crippen LogP contribution in [0, 0.1) is 17.8 Å². The van der Waals surface area contributed by atoms with E-state index in [0.717, 1.165) is 10.5 Å². The lowest BCUT2D eigenvalue weighted by Gasteiger charge is -2.42. The molecule has 1 saturated heterocycles. The second-order valence-corrected chi connectivity index (χ2v) is 11.5. The molecular formula is C30H25BBrNO9. The van der Waals surface area contributed by atoms with Crippen molar-refractivity contribution >= 4 is 57.6 Å². The van der Waals surface area contributed by atoms with E-state index in [1.165, 1.54) is 38.5 Å². The number of nitrogens with zero attached hydrogens (tertiary/aromatic N) is 1. The number of allylic oxidation sites excluding steroid dienone is 6. The molecule has 0 spiro atoms. The van der Waals surface area contributed by atoms with Crippen molar-refractivity contribution < 1.29 is 43.8 Å². The van der Waals surface area contributed by atoms with Gasteiger partial charge >= 0.3 is 7.12 Å². The van der Waals surface area contributed by atoms with Crippen LogP contribution in [0.1, 0.15) is 24.3 Å². The van der Waals surface area contributed by atoms with Gasteiger partial charge in [0.1, 0.15) is 0 Å². The number of fused-ring (bicyclic) bond motifs is 3. The fourth-order valence-corrected chi connectivity index (χ4v) is 7.19. The molecule has 0 aromatic heterocycles. The van der Waals surface area contributed by atoms with E-state index in [1.54, 1.807) is 18.2 Å². The Hall–Kier alpha value is -4.00. The predicted octanol–water partition coefficient (Wildman–Crippen LogP) is 2.06. The van der Waals surface area contributed by atoms with E-state index in [0.29, 0.717) is 5.56 Å². The Bertz CT molecular complexity index is 1650. The molecule has 0 unspecified atom stereocenters. The van der Waals surface area contributed by atoms with Crippen LogP contribution in [-0.2, 0) is 19.2 Å². The molecule has 4 atom stereocenters. The summed E-state index contributed by atoms with van der Waals surface area (Å²) in [7, 11) is 0.987. The van der Waals surface area contributed by atoms with Crippen LogP contribution in [0.2, 0.25) is 0 Å². The number of carbonyl (C=O) groups excluding carboxylic acids is 4. The number of Topliss-reactive ketones (excluding diaryl/α,β-unsaturated/α-hetero) is 1. The minimum atomic E-state index is -1.78. The smallest absolute Gasteiger partial charge is 0.488 e. The average molecular weight is 634 g/mol. The normalized spacial score (nSPS) is 25.0. The summed E-state index contributed by atoms with van der Waals surface area (Å²) < 4.78 is 10.8. The molecular weight excluding hydrogens is 609 g/mol. The lowest BCUT2D eigenvalue weighted by molar-refractivity contribution is -0.123. The monoisotopic (exact) mass is 633 g/mol. The van der Waals surface area contributed by atoms with Gasteiger partial charge in [-0.2, -0.15) is 0 Å². The van der Waals surface area contributed by atoms with Crippen molar-refractivity contribution in [2.75, 3.05) is 19.1 Å². The van der Waals surface area contributed by atoms with Gasteiger partial charge in [-0.25, -0.2) is 0 Å². The number of ether oxygens (including phenoxy) is 2. The van der Waals surface area contributed by atoms with Crippen molar-refractivity contribution in [2.45, 2.75) is 18.8 Å². The zero-order chi connectivity index (χ0) is 30.0. The molecule has 12 heteroatoms. The van der Waals surface area contributed by atoms with Gasteiger partial charge in [-0.1, -0.05) is 23.8 Å². The number of hydrogen-bond donors (Lipinski definition) is 3. The Balaban J connectivity index is 1.50. The van der Waals surface area contributed by atoms with Crippen molar-refractivity contribution in [1.82, 2.24) is 0 Å². The van der Waals surface area contributed by atoms with Crippen LogP contribution in [0.3, 0.4) is 0 Å². The Labute approximate surface area is 249 Å². The van der Waals surface area contributed by atoms with Gasteiger partial charge in [0.15, 0.2) is 23.1 Å². The van der Waals surface area contributed by atoms with Gasteiger partial charge in [-0.3, -0.25) is 24.1 Å². The maximum atomic E-state index is 14.0. The first-order valence-corrected chi connectivity index (χ1v) is 14.0. The Kier molecular flexibility index (Phi) is 6.95. The highest BCUT2D eigenvalue weighted by Gasteiger charge is 2.56. The predicted molar refractivity (Wildman–Crippen MR) is 155 cm³/mol. The van der Waals surface area contributed by atoms with Gasteiger partial charge in [0, 0.05) is 23.1 Å². The third-order valence-electron chi connectivity index (χ3n) is 8.59. The summed E-state index contributed by atoms with van der Waals surface area (Å²) >= 11 is 3.21. The Morgan fingerprint density at radius 2 is 1.67 bits per heavy atom. The number of imide groups is 1. The average Bonchev–Trinajstić information content (AvgIpc) is 3.24. The highest BCUT2D eigenvalue weighted by molar-refractivity contribution is 9.12. The number of methoxy groups -OCH3 is 2. The van der Waals surface area contributed by atoms with E-state index >= 15 is 0 Å². The van der Waals surface area contributed by atoms with Crippen molar-refractivity contribution in [1.29, 1.82) is 0 Å². The number of halogens is 1. The lowest BCUT2D eigenvalue weighted by Crippen LogP contribution is -2.39. The Morgan fingerprint density at radius 3 is 2.31 bits per heavy atom. The minimum Gasteiger partial charge on any atom is -0.502 e. The lowest BCUT2D eigenvalue weighted by atomic mass is 9.59. The quantitative estimate of drug-likeness (QED) is 0.195. The van der Waals surface area contributed by atoms with E-state index in [1.807, 2.05) is 6.08 Å². The molecule has 1 heterocycles. The summed E-state index contributed by atoms with van der Waals surface area (Å²) in [6.45, 7) is 0. The first-order chi connectivity index (χ1) is 20.1. The zero-order valence-electron chi connectivity index (χ0n) is 22.5. The summed E-state index contributed by atoms with van der Waals surface area (Å²) in [4.78, 5) is 55.7. The van der Waals surface area contributed by atoms with E-state index < -0.39 is 42.6 Å². The molecule has 10 nitrogen and oxygen atoms in total. The van der Waals surface area contributed by atoms with Crippen LogP contribution >= 0.6 is 15.9 Å². The number of phenols is 1. The molecule has 3 aliphatic carbocycles. The molecule has 3 N–H and O–H groups in total. The summed E-state index contributed by atoms with van der Waals surface area (Å²) in [5.41, 5.74) is 2.14. The third-order valence-corrected chi connectivity index (χ3v) is 9.18. The van der Waals surface area contributed by atoms with Gasteiger partial charge in [0.25, 0.3) is 0 Å². The molecule has 2 aromatic carbocycles. The third kappa shape index (κ3) is 4.16. The van der Waals surface area contributed by atoms with Crippen LogP contribution in [0.5, 0.6) is 17.2 Å². The number of benzene rings is 2. The minimum absolute atomic E-state index is 0.0843. The SMILES string of the molecule is COc1cc([C@H]2C3=CC[C@@H]4C(=O)N(c5cccc(B(O)O)c5)C(=O)[C@@H]4[C@@H]3CC3=C2C(=O)C=C(Br)C3=O)cc(OC)c1O. The molecule has 0 radical (unpaired) electrons. The van der Waals surface area contributed by atoms with E-state index in [4.69, 9.17) is 9.47 Å². The van der Waals surface area contributed by atoms with Crippen LogP contribution in [0.25, 0.3) is 0 Å².